The molecule has 1 unspecified atom stereocenters. The van der Waals surface area contributed by atoms with Crippen LogP contribution >= 0.6 is 11.6 Å². The maximum atomic E-state index is 6.00. The van der Waals surface area contributed by atoms with Crippen LogP contribution in [-0.4, -0.2) is 6.04 Å². The second-order valence-electron chi connectivity index (χ2n) is 7.00. The lowest BCUT2D eigenvalue weighted by Gasteiger charge is -2.36. The molecule has 1 aliphatic rings. The Morgan fingerprint density at radius 3 is 2.35 bits per heavy atom. The molecule has 1 fully saturated rings. The van der Waals surface area contributed by atoms with E-state index in [1.165, 1.54) is 44.1 Å². The first-order chi connectivity index (χ1) is 9.50. The number of halogens is 1. The summed E-state index contributed by atoms with van der Waals surface area (Å²) in [6.07, 6.45) is 7.69. The van der Waals surface area contributed by atoms with Gasteiger partial charge in [-0.05, 0) is 55.2 Å². The lowest BCUT2D eigenvalue weighted by molar-refractivity contribution is 0.196. The summed E-state index contributed by atoms with van der Waals surface area (Å²) in [5, 5.41) is 4.71. The summed E-state index contributed by atoms with van der Waals surface area (Å²) in [4.78, 5) is 0. The topological polar surface area (TPSA) is 12.0 Å². The summed E-state index contributed by atoms with van der Waals surface area (Å²) in [5.41, 5.74) is 1.92. The molecule has 0 aromatic heterocycles. The number of benzene rings is 1. The van der Waals surface area contributed by atoms with Gasteiger partial charge in [-0.25, -0.2) is 0 Å². The Bertz CT molecular complexity index is 400. The third-order valence-corrected chi connectivity index (χ3v) is 4.88. The quantitative estimate of drug-likeness (QED) is 0.730. The molecule has 20 heavy (non-hydrogen) atoms. The average Bonchev–Trinajstić information content (AvgIpc) is 2.41. The summed E-state index contributed by atoms with van der Waals surface area (Å²) in [6, 6.07) is 9.50. The van der Waals surface area contributed by atoms with E-state index in [2.05, 4.69) is 38.2 Å². The van der Waals surface area contributed by atoms with Gasteiger partial charge in [0, 0.05) is 17.1 Å². The van der Waals surface area contributed by atoms with E-state index in [4.69, 9.17) is 11.6 Å². The molecule has 0 spiro atoms. The zero-order chi connectivity index (χ0) is 14.6. The summed E-state index contributed by atoms with van der Waals surface area (Å²) < 4.78 is 0. The van der Waals surface area contributed by atoms with Gasteiger partial charge < -0.3 is 5.32 Å². The fourth-order valence-electron chi connectivity index (χ4n) is 3.18. The first-order valence-electron chi connectivity index (χ1n) is 8.02. The van der Waals surface area contributed by atoms with Gasteiger partial charge >= 0.3 is 0 Å². The molecular formula is C18H28ClN. The van der Waals surface area contributed by atoms with E-state index in [0.29, 0.717) is 17.5 Å². The molecule has 0 radical (unpaired) electrons. The number of rotatable bonds is 5. The predicted molar refractivity (Wildman–Crippen MR) is 88.3 cm³/mol. The highest BCUT2D eigenvalue weighted by atomic mass is 35.5. The van der Waals surface area contributed by atoms with E-state index in [1.54, 1.807) is 0 Å². The molecule has 0 amide bonds. The summed E-state index contributed by atoms with van der Waals surface area (Å²) in [5.74, 6) is 0. The molecule has 2 rings (SSSR count). The van der Waals surface area contributed by atoms with Crippen molar-refractivity contribution in [2.45, 2.75) is 71.4 Å². The molecule has 2 heteroatoms. The Kier molecular flexibility index (Phi) is 5.51. The van der Waals surface area contributed by atoms with Crippen molar-refractivity contribution < 1.29 is 0 Å². The molecule has 1 saturated carbocycles. The van der Waals surface area contributed by atoms with Crippen molar-refractivity contribution in [3.8, 4) is 0 Å². The van der Waals surface area contributed by atoms with Crippen LogP contribution in [0.3, 0.4) is 0 Å². The van der Waals surface area contributed by atoms with Crippen LogP contribution in [-0.2, 0) is 0 Å². The molecule has 0 aliphatic heterocycles. The lowest BCUT2D eigenvalue weighted by Crippen LogP contribution is -2.37. The molecule has 1 atom stereocenters. The van der Waals surface area contributed by atoms with Crippen molar-refractivity contribution in [2.24, 2.45) is 5.41 Å². The van der Waals surface area contributed by atoms with Crippen molar-refractivity contribution in [3.05, 3.63) is 34.9 Å². The van der Waals surface area contributed by atoms with Crippen LogP contribution in [0.4, 0.5) is 0 Å². The van der Waals surface area contributed by atoms with Crippen LogP contribution in [0.25, 0.3) is 0 Å². The van der Waals surface area contributed by atoms with E-state index in [0.717, 1.165) is 5.02 Å². The van der Waals surface area contributed by atoms with Gasteiger partial charge in [-0.2, -0.15) is 0 Å². The third kappa shape index (κ3) is 4.49. The Hall–Kier alpha value is -0.530. The molecule has 1 aliphatic carbocycles. The van der Waals surface area contributed by atoms with Gasteiger partial charge in [0.2, 0.25) is 0 Å². The van der Waals surface area contributed by atoms with Crippen LogP contribution < -0.4 is 5.32 Å². The second-order valence-corrected chi connectivity index (χ2v) is 7.43. The summed E-state index contributed by atoms with van der Waals surface area (Å²) in [6.45, 7) is 7.05. The van der Waals surface area contributed by atoms with E-state index in [-0.39, 0.29) is 0 Å². The molecular weight excluding hydrogens is 266 g/mol. The average molecular weight is 294 g/mol. The smallest absolute Gasteiger partial charge is 0.0406 e. The fraction of sp³-hybridized carbons (Fsp3) is 0.667. The molecule has 1 aromatic rings. The second kappa shape index (κ2) is 6.95. The van der Waals surface area contributed by atoms with Gasteiger partial charge in [0.05, 0.1) is 0 Å². The van der Waals surface area contributed by atoms with Crippen LogP contribution in [0, 0.1) is 5.41 Å². The highest BCUT2D eigenvalue weighted by Crippen LogP contribution is 2.36. The predicted octanol–water partition coefficient (Wildman–Crippen LogP) is 5.74. The standard InChI is InChI=1S/C18H28ClN/c1-4-5-17(14-6-8-15(19)9-7-14)20-16-10-12-18(2,3)13-11-16/h6-9,16-17,20H,4-5,10-13H2,1-3H3. The third-order valence-electron chi connectivity index (χ3n) is 4.63. The van der Waals surface area contributed by atoms with Crippen molar-refractivity contribution >= 4 is 11.6 Å². The van der Waals surface area contributed by atoms with Crippen molar-refractivity contribution in [2.75, 3.05) is 0 Å². The number of hydrogen-bond acceptors (Lipinski definition) is 1. The minimum absolute atomic E-state index is 0.475. The van der Waals surface area contributed by atoms with Gasteiger partial charge in [0.25, 0.3) is 0 Å². The zero-order valence-corrected chi connectivity index (χ0v) is 13.8. The summed E-state index contributed by atoms with van der Waals surface area (Å²) in [7, 11) is 0. The van der Waals surface area contributed by atoms with Gasteiger partial charge in [0.15, 0.2) is 0 Å². The summed E-state index contributed by atoms with van der Waals surface area (Å²) >= 11 is 6.00. The van der Waals surface area contributed by atoms with Crippen molar-refractivity contribution in [1.29, 1.82) is 0 Å². The van der Waals surface area contributed by atoms with E-state index < -0.39 is 0 Å². The van der Waals surface area contributed by atoms with Crippen LogP contribution in [0.5, 0.6) is 0 Å². The SMILES string of the molecule is CCCC(NC1CCC(C)(C)CC1)c1ccc(Cl)cc1. The van der Waals surface area contributed by atoms with Gasteiger partial charge in [0.1, 0.15) is 0 Å². The zero-order valence-electron chi connectivity index (χ0n) is 13.1. The first-order valence-corrected chi connectivity index (χ1v) is 8.39. The molecule has 112 valence electrons. The minimum Gasteiger partial charge on any atom is -0.307 e. The first kappa shape index (κ1) is 15.9. The Morgan fingerprint density at radius 2 is 1.80 bits per heavy atom. The maximum Gasteiger partial charge on any atom is 0.0406 e. The van der Waals surface area contributed by atoms with Crippen LogP contribution in [0.1, 0.15) is 70.9 Å². The normalized spacial score (nSPS) is 20.8. The van der Waals surface area contributed by atoms with Gasteiger partial charge in [-0.3, -0.25) is 0 Å². The molecule has 1 N–H and O–H groups in total. The molecule has 0 heterocycles. The van der Waals surface area contributed by atoms with Crippen LogP contribution in [0.15, 0.2) is 24.3 Å². The minimum atomic E-state index is 0.475. The van der Waals surface area contributed by atoms with E-state index in [1.807, 2.05) is 12.1 Å². The molecule has 0 bridgehead atoms. The van der Waals surface area contributed by atoms with E-state index >= 15 is 0 Å². The Morgan fingerprint density at radius 1 is 1.20 bits per heavy atom. The van der Waals surface area contributed by atoms with Crippen molar-refractivity contribution in [1.82, 2.24) is 5.32 Å². The van der Waals surface area contributed by atoms with Gasteiger partial charge in [-0.1, -0.05) is 50.9 Å². The van der Waals surface area contributed by atoms with Gasteiger partial charge in [-0.15, -0.1) is 0 Å². The largest absolute Gasteiger partial charge is 0.307 e. The highest BCUT2D eigenvalue weighted by Gasteiger charge is 2.28. The maximum absolute atomic E-state index is 6.00. The highest BCUT2D eigenvalue weighted by molar-refractivity contribution is 6.30. The Labute approximate surface area is 129 Å². The van der Waals surface area contributed by atoms with Crippen LogP contribution in [0.2, 0.25) is 5.02 Å². The van der Waals surface area contributed by atoms with Crippen molar-refractivity contribution in [3.63, 3.8) is 0 Å². The monoisotopic (exact) mass is 293 g/mol. The van der Waals surface area contributed by atoms with E-state index in [9.17, 15) is 0 Å². The fourth-order valence-corrected chi connectivity index (χ4v) is 3.31. The lowest BCUT2D eigenvalue weighted by atomic mass is 9.75. The number of nitrogens with one attached hydrogen (secondary N) is 1. The molecule has 0 saturated heterocycles. The molecule has 1 nitrogen and oxygen atoms in total. The number of hydrogen-bond donors (Lipinski definition) is 1. The molecule has 1 aromatic carbocycles. The Balaban J connectivity index is 1.97.